The summed E-state index contributed by atoms with van der Waals surface area (Å²) in [5.41, 5.74) is -3.68. The third-order valence-electron chi connectivity index (χ3n) is 7.46. The molecule has 0 heterocycles. The van der Waals surface area contributed by atoms with Gasteiger partial charge in [-0.1, -0.05) is 18.2 Å². The maximum atomic E-state index is 14.7. The van der Waals surface area contributed by atoms with E-state index < -0.39 is 55.6 Å². The van der Waals surface area contributed by atoms with Gasteiger partial charge >= 0.3 is 12.1 Å². The highest BCUT2D eigenvalue weighted by Crippen LogP contribution is 2.59. The van der Waals surface area contributed by atoms with E-state index in [0.717, 1.165) is 36.4 Å². The lowest BCUT2D eigenvalue weighted by Gasteiger charge is -2.42. The van der Waals surface area contributed by atoms with E-state index in [0.29, 0.717) is 12.5 Å². The summed E-state index contributed by atoms with van der Waals surface area (Å²) in [6.45, 7) is 2.19. The van der Waals surface area contributed by atoms with E-state index in [1.165, 1.54) is 6.07 Å². The van der Waals surface area contributed by atoms with Gasteiger partial charge in [0.05, 0.1) is 17.4 Å². The first kappa shape index (κ1) is 25.6. The van der Waals surface area contributed by atoms with E-state index in [2.05, 4.69) is 0 Å². The number of ether oxygens (including phenoxy) is 1. The number of benzene rings is 2. The minimum Gasteiger partial charge on any atom is -0.466 e. The molecule has 190 valence electrons. The van der Waals surface area contributed by atoms with E-state index in [-0.39, 0.29) is 42.7 Å². The molecule has 4 nitrogen and oxygen atoms in total. The van der Waals surface area contributed by atoms with E-state index in [1.54, 1.807) is 6.92 Å². The van der Waals surface area contributed by atoms with Crippen molar-refractivity contribution in [3.63, 3.8) is 0 Å². The van der Waals surface area contributed by atoms with E-state index in [4.69, 9.17) is 4.74 Å². The molecule has 0 bridgehead atoms. The Labute approximate surface area is 200 Å². The number of hydrogen-bond donors (Lipinski definition) is 0. The maximum Gasteiger partial charge on any atom is 0.426 e. The Morgan fingerprint density at radius 1 is 1.09 bits per heavy atom. The van der Waals surface area contributed by atoms with Gasteiger partial charge in [-0.3, -0.25) is 4.79 Å². The molecule has 0 N–H and O–H groups in total. The van der Waals surface area contributed by atoms with E-state index >= 15 is 0 Å². The summed E-state index contributed by atoms with van der Waals surface area (Å²) in [6, 6.07) is 7.60. The molecule has 2 aliphatic rings. The van der Waals surface area contributed by atoms with Crippen molar-refractivity contribution in [3.8, 4) is 0 Å². The van der Waals surface area contributed by atoms with Crippen molar-refractivity contribution in [1.82, 2.24) is 0 Å². The molecule has 1 unspecified atom stereocenters. The van der Waals surface area contributed by atoms with Crippen LogP contribution in [0, 0.1) is 17.7 Å². The summed E-state index contributed by atoms with van der Waals surface area (Å²) in [5, 5.41) is 0. The zero-order valence-corrected chi connectivity index (χ0v) is 20.0. The van der Waals surface area contributed by atoms with E-state index in [9.17, 15) is 35.2 Å². The van der Waals surface area contributed by atoms with Crippen LogP contribution in [-0.4, -0.2) is 27.2 Å². The highest BCUT2D eigenvalue weighted by atomic mass is 32.2. The normalized spacial score (nSPS) is 25.9. The van der Waals surface area contributed by atoms with Crippen LogP contribution >= 0.6 is 0 Å². The van der Waals surface area contributed by atoms with Crippen LogP contribution in [0.4, 0.5) is 22.0 Å². The third kappa shape index (κ3) is 3.84. The Balaban J connectivity index is 1.92. The number of rotatable bonds is 5. The molecule has 0 radical (unpaired) electrons. The fourth-order valence-corrected chi connectivity index (χ4v) is 8.14. The topological polar surface area (TPSA) is 60.4 Å². The van der Waals surface area contributed by atoms with Crippen molar-refractivity contribution in [1.29, 1.82) is 0 Å². The number of hydrogen-bond acceptors (Lipinski definition) is 4. The van der Waals surface area contributed by atoms with Gasteiger partial charge in [0.2, 0.25) is 5.67 Å². The second-order valence-electron chi connectivity index (χ2n) is 9.26. The van der Waals surface area contributed by atoms with Crippen molar-refractivity contribution in [2.24, 2.45) is 11.8 Å². The van der Waals surface area contributed by atoms with E-state index in [1.807, 2.05) is 0 Å². The molecule has 0 saturated heterocycles. The lowest BCUT2D eigenvalue weighted by molar-refractivity contribution is -0.228. The van der Waals surface area contributed by atoms with Crippen LogP contribution in [0.25, 0.3) is 0 Å². The Hall–Kier alpha value is -2.49. The zero-order chi connectivity index (χ0) is 25.8. The molecule has 0 amide bonds. The molecule has 1 fully saturated rings. The van der Waals surface area contributed by atoms with Gasteiger partial charge in [0.25, 0.3) is 0 Å². The van der Waals surface area contributed by atoms with Crippen molar-refractivity contribution >= 4 is 15.8 Å². The van der Waals surface area contributed by atoms with Gasteiger partial charge in [0.15, 0.2) is 9.84 Å². The first-order valence-corrected chi connectivity index (χ1v) is 12.8. The predicted molar refractivity (Wildman–Crippen MR) is 117 cm³/mol. The molecule has 35 heavy (non-hydrogen) atoms. The number of esters is 1. The lowest BCUT2D eigenvalue weighted by atomic mass is 9.72. The smallest absolute Gasteiger partial charge is 0.426 e. The number of halogens is 5. The van der Waals surface area contributed by atoms with Gasteiger partial charge in [0, 0.05) is 0 Å². The highest BCUT2D eigenvalue weighted by Gasteiger charge is 2.62. The van der Waals surface area contributed by atoms with Gasteiger partial charge in [-0.05, 0) is 86.4 Å². The quantitative estimate of drug-likeness (QED) is 0.287. The summed E-state index contributed by atoms with van der Waals surface area (Å²) in [6.07, 6.45) is -4.56. The molecular formula is C25H25F5O4S. The molecule has 0 spiro atoms. The average Bonchev–Trinajstić information content (AvgIpc) is 3.20. The van der Waals surface area contributed by atoms with Gasteiger partial charge < -0.3 is 4.74 Å². The summed E-state index contributed by atoms with van der Waals surface area (Å²) in [7, 11) is -4.24. The van der Waals surface area contributed by atoms with Crippen molar-refractivity contribution in [3.05, 3.63) is 65.0 Å². The van der Waals surface area contributed by atoms with Gasteiger partial charge in [-0.25, -0.2) is 17.2 Å². The standard InChI is InChI=1S/C25H25F5O4S/c1-3-34-22(31)19-12-13-24(35(32,33)18-8-6-17(26)7-9-18)20-11-5-16(23(2,27)25(28,29)30)14-15(20)4-10-21(19)24/h5-9,11,14,19,21H,3-4,10,12-13H2,1-2H3/t19-,21+,23?,24-/m1/s1. The lowest BCUT2D eigenvalue weighted by Crippen LogP contribution is -2.46. The minimum atomic E-state index is -5.15. The Bertz CT molecular complexity index is 1240. The van der Waals surface area contributed by atoms with Crippen LogP contribution in [0.3, 0.4) is 0 Å². The fraction of sp³-hybridized carbons (Fsp3) is 0.480. The summed E-state index contributed by atoms with van der Waals surface area (Å²) in [5.74, 6) is -2.58. The largest absolute Gasteiger partial charge is 0.466 e. The van der Waals surface area contributed by atoms with Crippen LogP contribution in [0.5, 0.6) is 0 Å². The monoisotopic (exact) mass is 516 g/mol. The van der Waals surface area contributed by atoms with Crippen LogP contribution < -0.4 is 0 Å². The van der Waals surface area contributed by atoms with Crippen molar-refractivity contribution in [2.45, 2.75) is 61.0 Å². The zero-order valence-electron chi connectivity index (χ0n) is 19.2. The third-order valence-corrected chi connectivity index (χ3v) is 10.0. The SMILES string of the molecule is CCOC(=O)[C@@H]1CC[C@@]2(S(=O)(=O)c3ccc(F)cc3)c3ccc(C(C)(F)C(F)(F)F)cc3CC[C@@H]12. The first-order chi connectivity index (χ1) is 16.3. The summed E-state index contributed by atoms with van der Waals surface area (Å²) in [4.78, 5) is 12.6. The van der Waals surface area contributed by atoms with Crippen LogP contribution in [0.1, 0.15) is 49.8 Å². The minimum absolute atomic E-state index is 0.0272. The van der Waals surface area contributed by atoms with Crippen LogP contribution in [0.2, 0.25) is 0 Å². The number of carbonyl (C=O) groups excluding carboxylic acids is 1. The van der Waals surface area contributed by atoms with Crippen LogP contribution in [0.15, 0.2) is 47.4 Å². The maximum absolute atomic E-state index is 14.7. The highest BCUT2D eigenvalue weighted by molar-refractivity contribution is 7.92. The Kier molecular flexibility index (Phi) is 6.27. The molecule has 1 saturated carbocycles. The number of carbonyl (C=O) groups is 1. The van der Waals surface area contributed by atoms with Gasteiger partial charge in [-0.2, -0.15) is 13.2 Å². The van der Waals surface area contributed by atoms with Gasteiger partial charge in [-0.15, -0.1) is 0 Å². The fourth-order valence-electron chi connectivity index (χ4n) is 5.66. The number of fused-ring (bicyclic) bond motifs is 3. The summed E-state index contributed by atoms with van der Waals surface area (Å²) < 4.78 is 100. The van der Waals surface area contributed by atoms with Crippen LogP contribution in [-0.2, 0) is 36.2 Å². The molecular weight excluding hydrogens is 491 g/mol. The number of aryl methyl sites for hydroxylation is 1. The Morgan fingerprint density at radius 2 is 1.74 bits per heavy atom. The molecule has 2 aliphatic carbocycles. The molecule has 4 rings (SSSR count). The summed E-state index contributed by atoms with van der Waals surface area (Å²) >= 11 is 0. The number of sulfone groups is 1. The number of alkyl halides is 4. The second kappa shape index (κ2) is 8.57. The second-order valence-corrected chi connectivity index (χ2v) is 11.5. The first-order valence-electron chi connectivity index (χ1n) is 11.3. The molecule has 0 aromatic heterocycles. The van der Waals surface area contributed by atoms with Gasteiger partial charge in [0.1, 0.15) is 10.6 Å². The Morgan fingerprint density at radius 3 is 2.34 bits per heavy atom. The molecule has 2 aromatic carbocycles. The molecule has 10 heteroatoms. The van der Waals surface area contributed by atoms with Crippen molar-refractivity contribution in [2.75, 3.05) is 6.61 Å². The predicted octanol–water partition coefficient (Wildman–Crippen LogP) is 5.78. The average molecular weight is 517 g/mol. The molecule has 2 aromatic rings. The molecule has 4 atom stereocenters. The van der Waals surface area contributed by atoms with Crippen molar-refractivity contribution < 1.29 is 39.9 Å². The molecule has 0 aliphatic heterocycles.